The molecule has 0 bridgehead atoms. The van der Waals surface area contributed by atoms with Crippen LogP contribution in [0.3, 0.4) is 0 Å². The lowest BCUT2D eigenvalue weighted by atomic mass is 10.00. The van der Waals surface area contributed by atoms with Crippen LogP contribution in [0.1, 0.15) is 23.3 Å². The summed E-state index contributed by atoms with van der Waals surface area (Å²) in [6.07, 6.45) is 3.39. The van der Waals surface area contributed by atoms with Crippen molar-refractivity contribution < 1.29 is 22.0 Å². The van der Waals surface area contributed by atoms with Crippen LogP contribution in [0, 0.1) is 17.6 Å². The molecular formula is C13H17F2N3O3S. The number of nitrogens with zero attached hydrogens (tertiary/aromatic N) is 2. The molecule has 1 aromatic heterocycles. The number of amides is 1. The van der Waals surface area contributed by atoms with E-state index < -0.39 is 33.3 Å². The molecule has 2 rings (SSSR count). The number of aromatic nitrogens is 1. The number of carbonyl (C=O) groups excluding carboxylic acids is 1. The summed E-state index contributed by atoms with van der Waals surface area (Å²) in [5.41, 5.74) is -0.475. The molecule has 6 nitrogen and oxygen atoms in total. The Labute approximate surface area is 127 Å². The second-order valence-electron chi connectivity index (χ2n) is 5.32. The summed E-state index contributed by atoms with van der Waals surface area (Å²) in [7, 11) is -3.25. The third-order valence-electron chi connectivity index (χ3n) is 3.52. The number of sulfonamides is 1. The first-order valence-corrected chi connectivity index (χ1v) is 8.66. The third-order valence-corrected chi connectivity index (χ3v) is 4.79. The van der Waals surface area contributed by atoms with Gasteiger partial charge in [-0.2, -0.15) is 0 Å². The van der Waals surface area contributed by atoms with Gasteiger partial charge < -0.3 is 5.32 Å². The Morgan fingerprint density at radius 1 is 1.50 bits per heavy atom. The van der Waals surface area contributed by atoms with Crippen LogP contribution < -0.4 is 5.32 Å². The quantitative estimate of drug-likeness (QED) is 0.882. The lowest BCUT2D eigenvalue weighted by molar-refractivity contribution is 0.0932. The van der Waals surface area contributed by atoms with Crippen LogP contribution in [-0.2, 0) is 10.0 Å². The van der Waals surface area contributed by atoms with Crippen LogP contribution in [0.5, 0.6) is 0 Å². The van der Waals surface area contributed by atoms with Crippen LogP contribution in [-0.4, -0.2) is 49.5 Å². The first-order valence-electron chi connectivity index (χ1n) is 6.81. The fraction of sp³-hybridized carbons (Fsp3) is 0.538. The average molecular weight is 333 g/mol. The van der Waals surface area contributed by atoms with Crippen LogP contribution in [0.2, 0.25) is 0 Å². The van der Waals surface area contributed by atoms with Crippen molar-refractivity contribution >= 4 is 15.9 Å². The second-order valence-corrected chi connectivity index (χ2v) is 7.31. The zero-order valence-electron chi connectivity index (χ0n) is 12.1. The molecule has 1 aromatic rings. The van der Waals surface area contributed by atoms with E-state index in [-0.39, 0.29) is 12.5 Å². The highest BCUT2D eigenvalue weighted by Crippen LogP contribution is 2.18. The molecule has 1 saturated heterocycles. The second kappa shape index (κ2) is 6.66. The highest BCUT2D eigenvalue weighted by molar-refractivity contribution is 7.88. The first-order chi connectivity index (χ1) is 10.3. The molecule has 2 heterocycles. The molecule has 1 atom stereocenters. The third kappa shape index (κ3) is 4.20. The normalized spacial score (nSPS) is 19.9. The van der Waals surface area contributed by atoms with E-state index in [2.05, 4.69) is 10.3 Å². The van der Waals surface area contributed by atoms with E-state index in [9.17, 15) is 22.0 Å². The number of hydrogen-bond donors (Lipinski definition) is 1. The number of rotatable bonds is 4. The highest BCUT2D eigenvalue weighted by atomic mass is 32.2. The zero-order valence-corrected chi connectivity index (χ0v) is 12.9. The lowest BCUT2D eigenvalue weighted by Gasteiger charge is -2.30. The molecule has 1 aliphatic rings. The minimum absolute atomic E-state index is 0.0454. The topological polar surface area (TPSA) is 79.4 Å². The predicted molar refractivity (Wildman–Crippen MR) is 75.6 cm³/mol. The largest absolute Gasteiger partial charge is 0.350 e. The zero-order chi connectivity index (χ0) is 16.3. The van der Waals surface area contributed by atoms with Gasteiger partial charge >= 0.3 is 0 Å². The minimum Gasteiger partial charge on any atom is -0.350 e. The molecule has 9 heteroatoms. The van der Waals surface area contributed by atoms with E-state index in [0.29, 0.717) is 25.6 Å². The van der Waals surface area contributed by atoms with Crippen molar-refractivity contribution in [2.45, 2.75) is 12.8 Å². The van der Waals surface area contributed by atoms with Crippen molar-refractivity contribution in [2.75, 3.05) is 25.9 Å². The average Bonchev–Trinajstić information content (AvgIpc) is 2.44. The standard InChI is InChI=1S/C13H17F2N3O3S/c1-22(20,21)18-4-2-3-9(8-18)6-17-13(19)12-11(15)5-10(14)7-16-12/h5,7,9H,2-4,6,8H2,1H3,(H,17,19)/t9-/m0/s1. The van der Waals surface area contributed by atoms with Gasteiger partial charge in [0, 0.05) is 25.7 Å². The monoisotopic (exact) mass is 333 g/mol. The van der Waals surface area contributed by atoms with Crippen molar-refractivity contribution in [3.8, 4) is 0 Å². The van der Waals surface area contributed by atoms with E-state index in [1.165, 1.54) is 4.31 Å². The Hall–Kier alpha value is -1.61. The molecule has 0 saturated carbocycles. The molecule has 22 heavy (non-hydrogen) atoms. The summed E-state index contributed by atoms with van der Waals surface area (Å²) < 4.78 is 50.6. The van der Waals surface area contributed by atoms with E-state index in [1.807, 2.05) is 0 Å². The number of piperidine rings is 1. The summed E-state index contributed by atoms with van der Waals surface area (Å²) in [6.45, 7) is 0.999. The maximum absolute atomic E-state index is 13.4. The molecule has 0 unspecified atom stereocenters. The fourth-order valence-electron chi connectivity index (χ4n) is 2.40. The van der Waals surface area contributed by atoms with Crippen LogP contribution in [0.15, 0.2) is 12.3 Å². The maximum Gasteiger partial charge on any atom is 0.272 e. The Morgan fingerprint density at radius 3 is 2.86 bits per heavy atom. The van der Waals surface area contributed by atoms with Crippen molar-refractivity contribution in [2.24, 2.45) is 5.92 Å². The van der Waals surface area contributed by atoms with Crippen molar-refractivity contribution in [1.29, 1.82) is 0 Å². The van der Waals surface area contributed by atoms with Gasteiger partial charge in [0.1, 0.15) is 5.82 Å². The molecule has 1 N–H and O–H groups in total. The summed E-state index contributed by atoms with van der Waals surface area (Å²) in [5.74, 6) is -2.67. The number of nitrogens with one attached hydrogen (secondary N) is 1. The van der Waals surface area contributed by atoms with Gasteiger partial charge in [-0.1, -0.05) is 0 Å². The molecule has 1 amide bonds. The Balaban J connectivity index is 1.93. The molecule has 0 aromatic carbocycles. The van der Waals surface area contributed by atoms with Gasteiger partial charge in [0.05, 0.1) is 12.5 Å². The maximum atomic E-state index is 13.4. The van der Waals surface area contributed by atoms with E-state index in [1.54, 1.807) is 0 Å². The Morgan fingerprint density at radius 2 is 2.23 bits per heavy atom. The smallest absolute Gasteiger partial charge is 0.272 e. The Bertz CT molecular complexity index is 666. The van der Waals surface area contributed by atoms with Gasteiger partial charge in [0.25, 0.3) is 5.91 Å². The minimum atomic E-state index is -3.25. The molecule has 1 fully saturated rings. The number of carbonyl (C=O) groups is 1. The van der Waals surface area contributed by atoms with Crippen LogP contribution in [0.25, 0.3) is 0 Å². The van der Waals surface area contributed by atoms with Crippen molar-refractivity contribution in [3.05, 3.63) is 29.6 Å². The summed E-state index contributed by atoms with van der Waals surface area (Å²) in [6, 6.07) is 0.591. The number of halogens is 2. The van der Waals surface area contributed by atoms with Gasteiger partial charge in [0.15, 0.2) is 11.5 Å². The molecule has 1 aliphatic heterocycles. The highest BCUT2D eigenvalue weighted by Gasteiger charge is 2.26. The molecule has 0 radical (unpaired) electrons. The van der Waals surface area contributed by atoms with Gasteiger partial charge in [0.2, 0.25) is 10.0 Å². The lowest BCUT2D eigenvalue weighted by Crippen LogP contribution is -2.43. The van der Waals surface area contributed by atoms with E-state index in [0.717, 1.165) is 18.9 Å². The number of hydrogen-bond acceptors (Lipinski definition) is 4. The SMILES string of the molecule is CS(=O)(=O)N1CCC[C@@H](CNC(=O)c2ncc(F)cc2F)C1. The van der Waals surface area contributed by atoms with Gasteiger partial charge in [-0.15, -0.1) is 0 Å². The Kier molecular flexibility index (Phi) is 5.07. The predicted octanol–water partition coefficient (Wildman–Crippen LogP) is 0.761. The summed E-state index contributed by atoms with van der Waals surface area (Å²) in [4.78, 5) is 15.3. The van der Waals surface area contributed by atoms with Crippen molar-refractivity contribution in [3.63, 3.8) is 0 Å². The summed E-state index contributed by atoms with van der Waals surface area (Å²) in [5, 5.41) is 2.52. The van der Waals surface area contributed by atoms with Gasteiger partial charge in [-0.3, -0.25) is 4.79 Å². The van der Waals surface area contributed by atoms with Crippen LogP contribution >= 0.6 is 0 Å². The van der Waals surface area contributed by atoms with Crippen LogP contribution in [0.4, 0.5) is 8.78 Å². The van der Waals surface area contributed by atoms with Gasteiger partial charge in [-0.05, 0) is 18.8 Å². The first kappa shape index (κ1) is 16.8. The number of pyridine rings is 1. The van der Waals surface area contributed by atoms with Gasteiger partial charge in [-0.25, -0.2) is 26.5 Å². The molecular weight excluding hydrogens is 316 g/mol. The van der Waals surface area contributed by atoms with E-state index in [4.69, 9.17) is 0 Å². The molecule has 0 aliphatic carbocycles. The molecule has 122 valence electrons. The van der Waals surface area contributed by atoms with E-state index >= 15 is 0 Å². The van der Waals surface area contributed by atoms with Crippen molar-refractivity contribution in [1.82, 2.24) is 14.6 Å². The fourth-order valence-corrected chi connectivity index (χ4v) is 3.34. The molecule has 0 spiro atoms. The summed E-state index contributed by atoms with van der Waals surface area (Å²) >= 11 is 0.